The van der Waals surface area contributed by atoms with E-state index >= 15 is 0 Å². The molecule has 6 heteroatoms. The monoisotopic (exact) mass is 1550 g/mol. The van der Waals surface area contributed by atoms with E-state index in [2.05, 4.69) is 409 Å². The van der Waals surface area contributed by atoms with Crippen LogP contribution >= 0.6 is 0 Å². The zero-order valence-corrected chi connectivity index (χ0v) is 66.6. The van der Waals surface area contributed by atoms with Crippen LogP contribution in [0.4, 0.5) is 0 Å². The average molecular weight is 1550 g/mol. The summed E-state index contributed by atoms with van der Waals surface area (Å²) >= 11 is 0. The SMILES string of the molecule is c1ccc(-c2cc(-c3ccccc3)c3cc(-c4ccc(-c5cccc6cccnc56)cc4)c4ccccc4c3n2)cc1.c1ccc(-c2cc(-c3ccccc3)c3cc(-c4ccc(-c5ccnc6ccccc56)cc4)c4ccccc4c3n2)cc1.c1ccc(-c2cc(-c3ccccc3)c3cc(-c4ccc(-c5ccncc5)cc4)c4ccccc4c3n2)cc1. The Hall–Kier alpha value is -16.3. The first-order valence-electron chi connectivity index (χ1n) is 41.3. The van der Waals surface area contributed by atoms with Gasteiger partial charge in [0.1, 0.15) is 0 Å². The number of fused-ring (bicyclic) bond motifs is 11. The van der Waals surface area contributed by atoms with Gasteiger partial charge in [0, 0.05) is 90.1 Å². The second kappa shape index (κ2) is 32.7. The van der Waals surface area contributed by atoms with Gasteiger partial charge in [0.15, 0.2) is 0 Å². The minimum absolute atomic E-state index is 0.980. The van der Waals surface area contributed by atoms with E-state index in [0.29, 0.717) is 0 Å². The van der Waals surface area contributed by atoms with E-state index < -0.39 is 0 Å². The number of aromatic nitrogens is 6. The molecule has 0 aliphatic rings. The molecule has 0 bridgehead atoms. The van der Waals surface area contributed by atoms with Crippen LogP contribution in [0.5, 0.6) is 0 Å². The predicted molar refractivity (Wildman–Crippen MR) is 511 cm³/mol. The van der Waals surface area contributed by atoms with Crippen LogP contribution in [0.1, 0.15) is 0 Å². The maximum absolute atomic E-state index is 5.27. The van der Waals surface area contributed by atoms with E-state index in [1.165, 1.54) is 105 Å². The number of pyridine rings is 6. The molecule has 6 nitrogen and oxygen atoms in total. The fourth-order valence-electron chi connectivity index (χ4n) is 17.4. The minimum Gasteiger partial charge on any atom is -0.265 e. The van der Waals surface area contributed by atoms with E-state index in [1.54, 1.807) is 0 Å². The third kappa shape index (κ3) is 14.3. The van der Waals surface area contributed by atoms with Crippen molar-refractivity contribution in [2.24, 2.45) is 0 Å². The van der Waals surface area contributed by atoms with E-state index in [1.807, 2.05) is 67.3 Å². The van der Waals surface area contributed by atoms with E-state index in [-0.39, 0.29) is 0 Å². The molecule has 0 amide bonds. The quantitative estimate of drug-likeness (QED) is 0.113. The summed E-state index contributed by atoms with van der Waals surface area (Å²) in [5, 5.41) is 12.8. The Morgan fingerprint density at radius 2 is 0.434 bits per heavy atom. The summed E-state index contributed by atoms with van der Waals surface area (Å²) in [6.45, 7) is 0. The maximum Gasteiger partial charge on any atom is 0.0794 e. The lowest BCUT2D eigenvalue weighted by Crippen LogP contribution is -1.93. The zero-order valence-electron chi connectivity index (χ0n) is 66.6. The van der Waals surface area contributed by atoms with E-state index in [4.69, 9.17) is 15.0 Å². The predicted octanol–water partition coefficient (Wildman–Crippen LogP) is 30.7. The Kier molecular flexibility index (Phi) is 19.6. The second-order valence-corrected chi connectivity index (χ2v) is 30.7. The minimum atomic E-state index is 0.980. The van der Waals surface area contributed by atoms with Crippen molar-refractivity contribution in [3.05, 3.63) is 462 Å². The molecule has 0 saturated carbocycles. The van der Waals surface area contributed by atoms with Crippen LogP contribution < -0.4 is 0 Å². The van der Waals surface area contributed by atoms with E-state index in [0.717, 1.165) is 116 Å². The van der Waals surface area contributed by atoms with Crippen LogP contribution in [0.2, 0.25) is 0 Å². The molecule has 0 spiro atoms. The fourth-order valence-corrected chi connectivity index (χ4v) is 17.4. The molecular formula is C116H76N6. The molecule has 6 heterocycles. The van der Waals surface area contributed by atoms with Crippen molar-refractivity contribution in [3.8, 4) is 134 Å². The number of benzene rings is 17. The molecule has 23 aromatic rings. The molecule has 0 aliphatic carbocycles. The fraction of sp³-hybridized carbons (Fsp3) is 0. The first-order valence-corrected chi connectivity index (χ1v) is 41.3. The Morgan fingerprint density at radius 3 is 0.828 bits per heavy atom. The molecule has 0 radical (unpaired) electrons. The van der Waals surface area contributed by atoms with Crippen molar-refractivity contribution in [2.45, 2.75) is 0 Å². The lowest BCUT2D eigenvalue weighted by atomic mass is 9.90. The standard InChI is InChI=1S/2C40H26N2.C36H24N2/c1-3-11-27(12-4-1)36-26-38(30-13-5-2-6-14-30)42-40-34-18-8-7-17-33(34)35(25-37(36)40)29-22-20-28(21-23-29)32-19-9-15-31-16-10-24-41-39(31)32;1-3-11-27(12-4-1)36-26-39(30-13-5-2-6-14-30)42-40-34-17-8-7-15-32(34)35(25-37(36)40)29-21-19-28(20-22-29)31-23-24-41-38-18-10-9-16-33(31)38;1-3-9-27(10-4-1)33-24-35(29-11-5-2-6-12-29)38-36-31-14-8-7-13-30(31)32(23-34(33)36)28-17-15-25(16-18-28)26-19-21-37-22-20-26/h2*1-26H;1-24H. The van der Waals surface area contributed by atoms with Crippen molar-refractivity contribution in [1.82, 2.24) is 29.9 Å². The number of nitrogens with zero attached hydrogens (tertiary/aromatic N) is 6. The number of hydrogen-bond donors (Lipinski definition) is 0. The molecule has 0 aliphatic heterocycles. The average Bonchev–Trinajstić information content (AvgIpc) is 0.749. The van der Waals surface area contributed by atoms with Gasteiger partial charge in [0.2, 0.25) is 0 Å². The van der Waals surface area contributed by atoms with Gasteiger partial charge in [-0.2, -0.15) is 0 Å². The van der Waals surface area contributed by atoms with Crippen LogP contribution in [0.3, 0.4) is 0 Å². The summed E-state index contributed by atoms with van der Waals surface area (Å²) in [6, 6.07) is 155. The third-order valence-corrected chi connectivity index (χ3v) is 23.4. The summed E-state index contributed by atoms with van der Waals surface area (Å²) in [7, 11) is 0. The van der Waals surface area contributed by atoms with Gasteiger partial charge >= 0.3 is 0 Å². The van der Waals surface area contributed by atoms with Crippen LogP contribution in [0, 0.1) is 0 Å². The van der Waals surface area contributed by atoms with Crippen molar-refractivity contribution >= 4 is 86.8 Å². The number of hydrogen-bond acceptors (Lipinski definition) is 6. The highest BCUT2D eigenvalue weighted by Gasteiger charge is 2.22. The lowest BCUT2D eigenvalue weighted by molar-refractivity contribution is 1.33. The number of rotatable bonds is 12. The lowest BCUT2D eigenvalue weighted by Gasteiger charge is -2.16. The van der Waals surface area contributed by atoms with Gasteiger partial charge in [0.05, 0.1) is 44.7 Å². The largest absolute Gasteiger partial charge is 0.265 e. The third-order valence-electron chi connectivity index (χ3n) is 23.4. The Labute approximate surface area is 707 Å². The van der Waals surface area contributed by atoms with Crippen LogP contribution in [-0.2, 0) is 0 Å². The summed E-state index contributed by atoms with van der Waals surface area (Å²) in [4.78, 5) is 29.2. The van der Waals surface area contributed by atoms with Crippen LogP contribution in [-0.4, -0.2) is 29.9 Å². The zero-order chi connectivity index (χ0) is 81.1. The molecule has 17 aromatic carbocycles. The van der Waals surface area contributed by atoms with Crippen molar-refractivity contribution in [1.29, 1.82) is 0 Å². The van der Waals surface area contributed by atoms with Gasteiger partial charge in [-0.1, -0.05) is 370 Å². The first kappa shape index (κ1) is 73.4. The van der Waals surface area contributed by atoms with Gasteiger partial charge in [-0.05, 0) is 177 Å². The highest BCUT2D eigenvalue weighted by Crippen LogP contribution is 2.46. The molecule has 0 atom stereocenters. The highest BCUT2D eigenvalue weighted by atomic mass is 14.7. The van der Waals surface area contributed by atoms with Gasteiger partial charge in [-0.15, -0.1) is 0 Å². The van der Waals surface area contributed by atoms with Gasteiger partial charge in [-0.25, -0.2) is 15.0 Å². The topological polar surface area (TPSA) is 77.3 Å². The smallest absolute Gasteiger partial charge is 0.0794 e. The molecule has 23 rings (SSSR count). The Bertz CT molecular complexity index is 7460. The summed E-state index contributed by atoms with van der Waals surface area (Å²) < 4.78 is 0. The van der Waals surface area contributed by atoms with Gasteiger partial charge in [-0.3, -0.25) is 15.0 Å². The molecule has 0 fully saturated rings. The molecule has 122 heavy (non-hydrogen) atoms. The normalized spacial score (nSPS) is 11.3. The highest BCUT2D eigenvalue weighted by molar-refractivity contribution is 6.19. The molecule has 0 unspecified atom stereocenters. The van der Waals surface area contributed by atoms with Crippen LogP contribution in [0.25, 0.3) is 221 Å². The van der Waals surface area contributed by atoms with Crippen LogP contribution in [0.15, 0.2) is 462 Å². The Balaban J connectivity index is 0.000000113. The summed E-state index contributed by atoms with van der Waals surface area (Å²) in [6.07, 6.45) is 7.43. The van der Waals surface area contributed by atoms with E-state index in [9.17, 15) is 0 Å². The number of para-hydroxylation sites is 2. The van der Waals surface area contributed by atoms with Gasteiger partial charge < -0.3 is 0 Å². The Morgan fingerprint density at radius 1 is 0.139 bits per heavy atom. The summed E-state index contributed by atoms with van der Waals surface area (Å²) in [5.74, 6) is 0. The maximum atomic E-state index is 5.27. The van der Waals surface area contributed by atoms with Crippen molar-refractivity contribution in [2.75, 3.05) is 0 Å². The van der Waals surface area contributed by atoms with Gasteiger partial charge in [0.25, 0.3) is 0 Å². The molecule has 570 valence electrons. The van der Waals surface area contributed by atoms with Crippen molar-refractivity contribution in [3.63, 3.8) is 0 Å². The second-order valence-electron chi connectivity index (χ2n) is 30.7. The molecule has 0 saturated heterocycles. The molecule has 6 aromatic heterocycles. The summed E-state index contributed by atoms with van der Waals surface area (Å²) in [5.41, 5.74) is 32.7. The molecule has 0 N–H and O–H groups in total. The first-order chi connectivity index (χ1) is 60.5. The van der Waals surface area contributed by atoms with Crippen molar-refractivity contribution < 1.29 is 0 Å². The molecular weight excluding hydrogens is 1480 g/mol.